The number of ether oxygens (including phenoxy) is 1. The summed E-state index contributed by atoms with van der Waals surface area (Å²) in [5.41, 5.74) is 1.48. The fourth-order valence-corrected chi connectivity index (χ4v) is 4.18. The summed E-state index contributed by atoms with van der Waals surface area (Å²) >= 11 is 0. The number of urea groups is 1. The van der Waals surface area contributed by atoms with Crippen molar-refractivity contribution in [2.75, 3.05) is 36.4 Å². The Morgan fingerprint density at radius 3 is 2.28 bits per heavy atom. The number of hydrogen-bond donors (Lipinski definition) is 3. The molecular formula is C27H30N6O6. The first-order valence-corrected chi connectivity index (χ1v) is 12.4. The second kappa shape index (κ2) is 12.6. The van der Waals surface area contributed by atoms with Crippen molar-refractivity contribution in [2.45, 2.75) is 26.1 Å². The van der Waals surface area contributed by atoms with Crippen molar-refractivity contribution in [1.29, 1.82) is 0 Å². The van der Waals surface area contributed by atoms with Crippen LogP contribution in [-0.2, 0) is 22.7 Å². The molecule has 4 rings (SSSR count). The van der Waals surface area contributed by atoms with Gasteiger partial charge in [0.05, 0.1) is 6.54 Å². The van der Waals surface area contributed by atoms with Crippen molar-refractivity contribution in [3.63, 3.8) is 0 Å². The van der Waals surface area contributed by atoms with Crippen LogP contribution in [0.2, 0.25) is 0 Å². The van der Waals surface area contributed by atoms with Crippen LogP contribution in [0.1, 0.15) is 11.1 Å². The summed E-state index contributed by atoms with van der Waals surface area (Å²) in [4.78, 5) is 57.1. The number of piperazine rings is 1. The van der Waals surface area contributed by atoms with E-state index in [-0.39, 0.29) is 19.2 Å². The number of para-hydroxylation sites is 1. The minimum absolute atomic E-state index is 0.0184. The number of nitrogens with zero attached hydrogens (tertiary/aromatic N) is 4. The minimum atomic E-state index is -1.40. The fraction of sp³-hybridized carbons (Fsp3) is 0.296. The zero-order valence-corrected chi connectivity index (χ0v) is 21.4. The highest BCUT2D eigenvalue weighted by atomic mass is 16.5. The molecular weight excluding hydrogens is 504 g/mol. The molecule has 12 nitrogen and oxygen atoms in total. The monoisotopic (exact) mass is 534 g/mol. The van der Waals surface area contributed by atoms with Gasteiger partial charge in [0.25, 0.3) is 0 Å². The molecule has 0 aliphatic carbocycles. The molecule has 39 heavy (non-hydrogen) atoms. The lowest BCUT2D eigenvalue weighted by molar-refractivity contribution is -0.139. The topological polar surface area (TPSA) is 146 Å². The average Bonchev–Trinajstić information content (AvgIpc) is 2.94. The summed E-state index contributed by atoms with van der Waals surface area (Å²) in [5.74, 6) is -0.841. The van der Waals surface area contributed by atoms with Crippen LogP contribution < -0.4 is 21.2 Å². The lowest BCUT2D eigenvalue weighted by Gasteiger charge is -2.36. The number of carbonyl (C=O) groups is 3. The molecule has 2 heterocycles. The van der Waals surface area contributed by atoms with Gasteiger partial charge in [0, 0.05) is 43.6 Å². The van der Waals surface area contributed by atoms with Crippen molar-refractivity contribution in [2.24, 2.45) is 0 Å². The molecule has 3 amide bonds. The number of benzene rings is 2. The van der Waals surface area contributed by atoms with Crippen LogP contribution in [0, 0.1) is 6.92 Å². The van der Waals surface area contributed by atoms with Crippen LogP contribution in [0.3, 0.4) is 0 Å². The maximum atomic E-state index is 12.8. The Kier molecular flexibility index (Phi) is 8.77. The van der Waals surface area contributed by atoms with E-state index in [0.717, 1.165) is 10.1 Å². The van der Waals surface area contributed by atoms with Crippen molar-refractivity contribution < 1.29 is 24.2 Å². The smallest absolute Gasteiger partial charge is 0.408 e. The predicted molar refractivity (Wildman–Crippen MR) is 144 cm³/mol. The molecule has 12 heteroatoms. The lowest BCUT2D eigenvalue weighted by Crippen LogP contribution is -2.51. The van der Waals surface area contributed by atoms with Crippen molar-refractivity contribution >= 4 is 29.6 Å². The van der Waals surface area contributed by atoms with Gasteiger partial charge in [-0.1, -0.05) is 48.5 Å². The molecule has 1 fully saturated rings. The predicted octanol–water partition coefficient (Wildman–Crippen LogP) is 2.29. The molecule has 204 valence electrons. The number of aromatic nitrogens is 2. The number of hydrogen-bond acceptors (Lipinski definition) is 7. The maximum Gasteiger partial charge on any atom is 0.408 e. The number of amides is 3. The third-order valence-electron chi connectivity index (χ3n) is 6.22. The third-order valence-corrected chi connectivity index (χ3v) is 6.22. The number of rotatable bonds is 8. The first-order chi connectivity index (χ1) is 18.8. The van der Waals surface area contributed by atoms with E-state index in [2.05, 4.69) is 15.6 Å². The highest BCUT2D eigenvalue weighted by molar-refractivity contribution is 5.89. The van der Waals surface area contributed by atoms with E-state index in [1.165, 1.54) is 6.20 Å². The molecule has 0 spiro atoms. The number of carboxylic acid groups (broad SMARTS) is 1. The van der Waals surface area contributed by atoms with E-state index in [4.69, 9.17) is 4.74 Å². The van der Waals surface area contributed by atoms with Gasteiger partial charge in [0.2, 0.25) is 0 Å². The minimum Gasteiger partial charge on any atom is -0.480 e. The Morgan fingerprint density at radius 2 is 1.64 bits per heavy atom. The fourth-order valence-electron chi connectivity index (χ4n) is 4.18. The molecule has 3 N–H and O–H groups in total. The Morgan fingerprint density at radius 1 is 1.00 bits per heavy atom. The Hall–Kier alpha value is -4.87. The SMILES string of the molecule is Cc1cn(CC(NC(=O)OCc2ccccc2)C(=O)O)c(=O)nc1N1CCN(C(=O)Nc2ccccc2)CC1. The summed E-state index contributed by atoms with van der Waals surface area (Å²) in [5, 5.41) is 14.8. The molecule has 2 aromatic carbocycles. The normalized spacial score (nSPS) is 13.9. The van der Waals surface area contributed by atoms with Gasteiger partial charge in [-0.05, 0) is 24.6 Å². The molecule has 1 aliphatic rings. The van der Waals surface area contributed by atoms with Gasteiger partial charge in [-0.2, -0.15) is 4.98 Å². The number of anilines is 2. The molecule has 1 atom stereocenters. The van der Waals surface area contributed by atoms with Crippen LogP contribution in [0.4, 0.5) is 21.1 Å². The van der Waals surface area contributed by atoms with Gasteiger partial charge in [-0.3, -0.25) is 4.57 Å². The molecule has 1 unspecified atom stereocenters. The van der Waals surface area contributed by atoms with Crippen LogP contribution >= 0.6 is 0 Å². The summed E-state index contributed by atoms with van der Waals surface area (Å²) < 4.78 is 6.25. The van der Waals surface area contributed by atoms with Crippen LogP contribution in [-0.4, -0.2) is 69.9 Å². The number of aryl methyl sites for hydroxylation is 1. The van der Waals surface area contributed by atoms with Gasteiger partial charge >= 0.3 is 23.8 Å². The summed E-state index contributed by atoms with van der Waals surface area (Å²) in [6, 6.07) is 16.6. The van der Waals surface area contributed by atoms with E-state index in [1.54, 1.807) is 36.1 Å². The van der Waals surface area contributed by atoms with Crippen LogP contribution in [0.5, 0.6) is 0 Å². The van der Waals surface area contributed by atoms with E-state index in [1.807, 2.05) is 41.3 Å². The Bertz CT molecular complexity index is 1360. The van der Waals surface area contributed by atoms with Crippen molar-refractivity contribution in [3.05, 3.63) is 88.5 Å². The first-order valence-electron chi connectivity index (χ1n) is 12.4. The zero-order chi connectivity index (χ0) is 27.8. The van der Waals surface area contributed by atoms with Gasteiger partial charge in [0.15, 0.2) is 0 Å². The van der Waals surface area contributed by atoms with Gasteiger partial charge < -0.3 is 30.3 Å². The molecule has 3 aromatic rings. The molecule has 1 saturated heterocycles. The summed E-state index contributed by atoms with van der Waals surface area (Å²) in [7, 11) is 0. The molecule has 1 aromatic heterocycles. The number of aliphatic carboxylic acids is 1. The number of carboxylic acids is 1. The zero-order valence-electron chi connectivity index (χ0n) is 21.4. The van der Waals surface area contributed by atoms with Gasteiger partial charge in [-0.25, -0.2) is 19.2 Å². The second-order valence-electron chi connectivity index (χ2n) is 9.05. The second-order valence-corrected chi connectivity index (χ2v) is 9.05. The number of alkyl carbamates (subject to hydrolysis) is 1. The quantitative estimate of drug-likeness (QED) is 0.399. The molecule has 1 aliphatic heterocycles. The third kappa shape index (κ3) is 7.34. The molecule has 0 radical (unpaired) electrons. The standard InChI is InChI=1S/C27H30N6O6/c1-19-16-33(17-22(24(34)35)29-27(38)39-18-20-8-4-2-5-9-20)26(37)30-23(19)31-12-14-32(15-13-31)25(36)28-21-10-6-3-7-11-21/h2-11,16,22H,12-15,17-18H2,1H3,(H,28,36)(H,29,38)(H,34,35). The first kappa shape index (κ1) is 27.2. The Balaban J connectivity index is 1.34. The van der Waals surface area contributed by atoms with Gasteiger partial charge in [-0.15, -0.1) is 0 Å². The van der Waals surface area contributed by atoms with Crippen molar-refractivity contribution in [1.82, 2.24) is 19.8 Å². The number of carbonyl (C=O) groups excluding carboxylic acids is 2. The number of nitrogens with one attached hydrogen (secondary N) is 2. The largest absolute Gasteiger partial charge is 0.480 e. The van der Waals surface area contributed by atoms with Crippen LogP contribution in [0.15, 0.2) is 71.7 Å². The average molecular weight is 535 g/mol. The van der Waals surface area contributed by atoms with Crippen LogP contribution in [0.25, 0.3) is 0 Å². The Labute approximate surface area is 224 Å². The maximum absolute atomic E-state index is 12.8. The van der Waals surface area contributed by atoms with E-state index in [0.29, 0.717) is 43.2 Å². The van der Waals surface area contributed by atoms with E-state index < -0.39 is 23.8 Å². The van der Waals surface area contributed by atoms with E-state index >= 15 is 0 Å². The molecule has 0 bridgehead atoms. The summed E-state index contributed by atoms with van der Waals surface area (Å²) in [6.45, 7) is 3.27. The van der Waals surface area contributed by atoms with E-state index in [9.17, 15) is 24.3 Å². The molecule has 0 saturated carbocycles. The highest BCUT2D eigenvalue weighted by Crippen LogP contribution is 2.18. The van der Waals surface area contributed by atoms with Gasteiger partial charge in [0.1, 0.15) is 18.5 Å². The lowest BCUT2D eigenvalue weighted by atomic mass is 10.2. The summed E-state index contributed by atoms with van der Waals surface area (Å²) in [6.07, 6.45) is 0.612. The van der Waals surface area contributed by atoms with Crippen molar-refractivity contribution in [3.8, 4) is 0 Å². The highest BCUT2D eigenvalue weighted by Gasteiger charge is 2.25.